The molecular weight excluding hydrogens is 247 g/mol. The van der Waals surface area contributed by atoms with E-state index in [1.807, 2.05) is 13.1 Å². The molecule has 1 atom stereocenters. The molecule has 104 valence electrons. The zero-order valence-corrected chi connectivity index (χ0v) is 11.1. The standard InChI is InChI=1S/C14H19FN2O2/c1-16-6-3-7-17(10-13(16)9-14(18)19)12-5-2-4-11(15)8-12/h2,4-5,8,13H,3,6-7,9-10H2,1H3,(H,18,19). The van der Waals surface area contributed by atoms with Crippen molar-refractivity contribution in [1.82, 2.24) is 4.90 Å². The molecule has 1 heterocycles. The van der Waals surface area contributed by atoms with Gasteiger partial charge in [-0.05, 0) is 38.2 Å². The zero-order valence-electron chi connectivity index (χ0n) is 11.1. The number of carboxylic acids is 1. The number of anilines is 1. The van der Waals surface area contributed by atoms with Crippen LogP contribution in [0.2, 0.25) is 0 Å². The Balaban J connectivity index is 2.14. The molecule has 4 nitrogen and oxygen atoms in total. The molecule has 1 aromatic carbocycles. The number of nitrogens with zero attached hydrogens (tertiary/aromatic N) is 2. The Morgan fingerprint density at radius 3 is 2.95 bits per heavy atom. The molecule has 0 saturated carbocycles. The van der Waals surface area contributed by atoms with E-state index in [1.165, 1.54) is 12.1 Å². The maximum absolute atomic E-state index is 13.3. The summed E-state index contributed by atoms with van der Waals surface area (Å²) in [6.45, 7) is 2.31. The smallest absolute Gasteiger partial charge is 0.305 e. The molecule has 1 aliphatic rings. The number of carboxylic acid groups (broad SMARTS) is 1. The van der Waals surface area contributed by atoms with Gasteiger partial charge < -0.3 is 14.9 Å². The summed E-state index contributed by atoms with van der Waals surface area (Å²) in [7, 11) is 1.95. The Bertz CT molecular complexity index is 453. The Morgan fingerprint density at radius 1 is 1.47 bits per heavy atom. The largest absolute Gasteiger partial charge is 0.481 e. The highest BCUT2D eigenvalue weighted by atomic mass is 19.1. The van der Waals surface area contributed by atoms with E-state index in [2.05, 4.69) is 9.80 Å². The number of carbonyl (C=O) groups is 1. The predicted molar refractivity (Wildman–Crippen MR) is 71.9 cm³/mol. The molecular formula is C14H19FN2O2. The molecule has 5 heteroatoms. The van der Waals surface area contributed by atoms with Gasteiger partial charge in [-0.1, -0.05) is 6.07 Å². The van der Waals surface area contributed by atoms with E-state index >= 15 is 0 Å². The lowest BCUT2D eigenvalue weighted by Gasteiger charge is -2.29. The van der Waals surface area contributed by atoms with Crippen LogP contribution < -0.4 is 4.90 Å². The maximum Gasteiger partial charge on any atom is 0.305 e. The second-order valence-corrected chi connectivity index (χ2v) is 5.01. The second kappa shape index (κ2) is 6.02. The minimum absolute atomic E-state index is 0.0386. The van der Waals surface area contributed by atoms with Crippen molar-refractivity contribution in [2.75, 3.05) is 31.6 Å². The third-order valence-corrected chi connectivity index (χ3v) is 3.58. The SMILES string of the molecule is CN1CCCN(c2cccc(F)c2)CC1CC(=O)O. The van der Waals surface area contributed by atoms with E-state index in [0.717, 1.165) is 25.2 Å². The van der Waals surface area contributed by atoms with Crippen LogP contribution in [0.4, 0.5) is 10.1 Å². The van der Waals surface area contributed by atoms with Crippen molar-refractivity contribution in [1.29, 1.82) is 0 Å². The van der Waals surface area contributed by atoms with Crippen molar-refractivity contribution in [3.05, 3.63) is 30.1 Å². The van der Waals surface area contributed by atoms with Crippen molar-refractivity contribution in [2.45, 2.75) is 18.9 Å². The molecule has 1 unspecified atom stereocenters. The highest BCUT2D eigenvalue weighted by molar-refractivity contribution is 5.67. The van der Waals surface area contributed by atoms with Gasteiger partial charge in [-0.15, -0.1) is 0 Å². The van der Waals surface area contributed by atoms with Gasteiger partial charge in [0.15, 0.2) is 0 Å². The third-order valence-electron chi connectivity index (χ3n) is 3.58. The second-order valence-electron chi connectivity index (χ2n) is 5.01. The minimum Gasteiger partial charge on any atom is -0.481 e. The molecule has 0 spiro atoms. The zero-order chi connectivity index (χ0) is 13.8. The number of halogens is 1. The molecule has 1 N–H and O–H groups in total. The number of hydrogen-bond donors (Lipinski definition) is 1. The highest BCUT2D eigenvalue weighted by Gasteiger charge is 2.24. The molecule has 1 fully saturated rings. The first-order valence-electron chi connectivity index (χ1n) is 6.49. The maximum atomic E-state index is 13.3. The normalized spacial score (nSPS) is 21.2. The first-order chi connectivity index (χ1) is 9.06. The Kier molecular flexibility index (Phi) is 4.37. The highest BCUT2D eigenvalue weighted by Crippen LogP contribution is 2.20. The lowest BCUT2D eigenvalue weighted by atomic mass is 10.1. The summed E-state index contributed by atoms with van der Waals surface area (Å²) in [6, 6.07) is 6.44. The minimum atomic E-state index is -0.794. The lowest BCUT2D eigenvalue weighted by molar-refractivity contribution is -0.138. The van der Waals surface area contributed by atoms with Gasteiger partial charge in [0.1, 0.15) is 5.82 Å². The molecule has 19 heavy (non-hydrogen) atoms. The number of benzene rings is 1. The van der Waals surface area contributed by atoms with Gasteiger partial charge in [0, 0.05) is 24.8 Å². The van der Waals surface area contributed by atoms with E-state index in [1.54, 1.807) is 6.07 Å². The van der Waals surface area contributed by atoms with Crippen LogP contribution in [0.15, 0.2) is 24.3 Å². The predicted octanol–water partition coefficient (Wildman–Crippen LogP) is 1.81. The average molecular weight is 266 g/mol. The first-order valence-corrected chi connectivity index (χ1v) is 6.49. The van der Waals surface area contributed by atoms with Crippen molar-refractivity contribution in [3.8, 4) is 0 Å². The van der Waals surface area contributed by atoms with Crippen molar-refractivity contribution >= 4 is 11.7 Å². The summed E-state index contributed by atoms with van der Waals surface area (Å²) in [5, 5.41) is 8.97. The van der Waals surface area contributed by atoms with E-state index in [9.17, 15) is 9.18 Å². The van der Waals surface area contributed by atoms with E-state index < -0.39 is 5.97 Å². The number of hydrogen-bond acceptors (Lipinski definition) is 3. The van der Waals surface area contributed by atoms with E-state index in [4.69, 9.17) is 5.11 Å². The van der Waals surface area contributed by atoms with Gasteiger partial charge in [-0.25, -0.2) is 4.39 Å². The monoisotopic (exact) mass is 266 g/mol. The van der Waals surface area contributed by atoms with E-state index in [-0.39, 0.29) is 18.3 Å². The number of rotatable bonds is 3. The molecule has 2 rings (SSSR count). The van der Waals surface area contributed by atoms with Crippen LogP contribution >= 0.6 is 0 Å². The van der Waals surface area contributed by atoms with Gasteiger partial charge in [-0.2, -0.15) is 0 Å². The van der Waals surface area contributed by atoms with Crippen molar-refractivity contribution < 1.29 is 14.3 Å². The summed E-state index contributed by atoms with van der Waals surface area (Å²) in [5.41, 5.74) is 0.825. The van der Waals surface area contributed by atoms with Crippen molar-refractivity contribution in [2.24, 2.45) is 0 Å². The van der Waals surface area contributed by atoms with Crippen molar-refractivity contribution in [3.63, 3.8) is 0 Å². The van der Waals surface area contributed by atoms with Crippen LogP contribution in [-0.4, -0.2) is 48.7 Å². The van der Waals surface area contributed by atoms with Gasteiger partial charge in [0.25, 0.3) is 0 Å². The van der Waals surface area contributed by atoms with Crippen LogP contribution in [0, 0.1) is 5.82 Å². The molecule has 1 aliphatic heterocycles. The molecule has 0 aromatic heterocycles. The van der Waals surface area contributed by atoms with Crippen LogP contribution in [0.1, 0.15) is 12.8 Å². The molecule has 0 radical (unpaired) electrons. The van der Waals surface area contributed by atoms with Crippen LogP contribution in [-0.2, 0) is 4.79 Å². The van der Waals surface area contributed by atoms with Gasteiger partial charge in [-0.3, -0.25) is 4.79 Å². The Hall–Kier alpha value is -1.62. The summed E-state index contributed by atoms with van der Waals surface area (Å²) >= 11 is 0. The Morgan fingerprint density at radius 2 is 2.26 bits per heavy atom. The van der Waals surface area contributed by atoms with Crippen LogP contribution in [0.3, 0.4) is 0 Å². The third kappa shape index (κ3) is 3.67. The number of aliphatic carboxylic acids is 1. The molecule has 1 saturated heterocycles. The summed E-state index contributed by atoms with van der Waals surface area (Å²) in [6.07, 6.45) is 1.06. The van der Waals surface area contributed by atoms with Gasteiger partial charge in [0.2, 0.25) is 0 Å². The summed E-state index contributed by atoms with van der Waals surface area (Å²) in [5.74, 6) is -1.05. The summed E-state index contributed by atoms with van der Waals surface area (Å²) < 4.78 is 13.3. The fourth-order valence-electron chi connectivity index (χ4n) is 2.51. The molecule has 0 bridgehead atoms. The van der Waals surface area contributed by atoms with Crippen LogP contribution in [0.5, 0.6) is 0 Å². The average Bonchev–Trinajstić information content (AvgIpc) is 2.52. The molecule has 0 aliphatic carbocycles. The van der Waals surface area contributed by atoms with Gasteiger partial charge in [0.05, 0.1) is 6.42 Å². The van der Waals surface area contributed by atoms with Gasteiger partial charge >= 0.3 is 5.97 Å². The Labute approximate surface area is 112 Å². The molecule has 0 amide bonds. The lowest BCUT2D eigenvalue weighted by Crippen LogP contribution is -2.40. The van der Waals surface area contributed by atoms with Crippen LogP contribution in [0.25, 0.3) is 0 Å². The fourth-order valence-corrected chi connectivity index (χ4v) is 2.51. The topological polar surface area (TPSA) is 43.8 Å². The fraction of sp³-hybridized carbons (Fsp3) is 0.500. The number of likely N-dealkylation sites (N-methyl/N-ethyl adjacent to an activating group) is 1. The molecule has 1 aromatic rings. The first kappa shape index (κ1) is 13.8. The quantitative estimate of drug-likeness (QED) is 0.906. The van der Waals surface area contributed by atoms with E-state index in [0.29, 0.717) is 6.54 Å². The summed E-state index contributed by atoms with van der Waals surface area (Å²) in [4.78, 5) is 15.1.